The minimum Gasteiger partial charge on any atom is -0.465 e. The van der Waals surface area contributed by atoms with Gasteiger partial charge in [0.1, 0.15) is 6.33 Å². The van der Waals surface area contributed by atoms with Crippen molar-refractivity contribution in [1.82, 2.24) is 19.7 Å². The van der Waals surface area contributed by atoms with Crippen molar-refractivity contribution in [3.05, 3.63) is 70.0 Å². The molecule has 3 aromatic rings. The van der Waals surface area contributed by atoms with E-state index in [9.17, 15) is 18.8 Å². The number of aromatic nitrogens is 3. The Bertz CT molecular complexity index is 1160. The SMILES string of the molecule is CC(=O)Nc1ccc(-c2ccc(Cn3cnn(CC(=CF)CNC(=O)O)c3=O)s2)cc1. The highest BCUT2D eigenvalue weighted by Crippen LogP contribution is 2.29. The van der Waals surface area contributed by atoms with E-state index in [0.29, 0.717) is 12.2 Å². The fourth-order valence-electron chi connectivity index (χ4n) is 2.81. The zero-order valence-electron chi connectivity index (χ0n) is 16.5. The number of nitrogens with zero attached hydrogens (tertiary/aromatic N) is 3. The molecule has 2 heterocycles. The molecular formula is C20H20FN5O4S. The third-order valence-corrected chi connectivity index (χ3v) is 5.37. The smallest absolute Gasteiger partial charge is 0.404 e. The Kier molecular flexibility index (Phi) is 6.98. The molecule has 3 N–H and O–H groups in total. The number of carbonyl (C=O) groups is 2. The molecular weight excluding hydrogens is 425 g/mol. The van der Waals surface area contributed by atoms with E-state index in [2.05, 4.69) is 15.7 Å². The molecule has 0 fully saturated rings. The summed E-state index contributed by atoms with van der Waals surface area (Å²) in [4.78, 5) is 36.1. The summed E-state index contributed by atoms with van der Waals surface area (Å²) in [6, 6.07) is 11.3. The maximum Gasteiger partial charge on any atom is 0.404 e. The number of carbonyl (C=O) groups excluding carboxylic acids is 1. The van der Waals surface area contributed by atoms with Crippen molar-refractivity contribution in [2.45, 2.75) is 20.0 Å². The molecule has 1 aromatic carbocycles. The van der Waals surface area contributed by atoms with Gasteiger partial charge in [0.05, 0.1) is 19.4 Å². The molecule has 31 heavy (non-hydrogen) atoms. The number of amides is 2. The number of nitrogens with one attached hydrogen (secondary N) is 2. The fraction of sp³-hybridized carbons (Fsp3) is 0.200. The Morgan fingerprint density at radius 3 is 2.61 bits per heavy atom. The summed E-state index contributed by atoms with van der Waals surface area (Å²) in [5.41, 5.74) is 1.35. The maximum atomic E-state index is 13.0. The van der Waals surface area contributed by atoms with Crippen molar-refractivity contribution in [2.75, 3.05) is 11.9 Å². The molecule has 11 heteroatoms. The summed E-state index contributed by atoms with van der Waals surface area (Å²) >= 11 is 1.52. The van der Waals surface area contributed by atoms with Gasteiger partial charge in [0.2, 0.25) is 5.91 Å². The summed E-state index contributed by atoms with van der Waals surface area (Å²) < 4.78 is 15.4. The predicted molar refractivity (Wildman–Crippen MR) is 115 cm³/mol. The summed E-state index contributed by atoms with van der Waals surface area (Å²) in [6.07, 6.45) is 0.352. The quantitative estimate of drug-likeness (QED) is 0.493. The van der Waals surface area contributed by atoms with Crippen LogP contribution in [-0.2, 0) is 17.9 Å². The predicted octanol–water partition coefficient (Wildman–Crippen LogP) is 2.90. The Morgan fingerprint density at radius 2 is 1.97 bits per heavy atom. The summed E-state index contributed by atoms with van der Waals surface area (Å²) in [7, 11) is 0. The van der Waals surface area contributed by atoms with Crippen LogP contribution in [0.15, 0.2) is 59.4 Å². The van der Waals surface area contributed by atoms with E-state index < -0.39 is 11.8 Å². The number of carboxylic acid groups (broad SMARTS) is 1. The van der Waals surface area contributed by atoms with Gasteiger partial charge >= 0.3 is 11.8 Å². The number of benzene rings is 1. The van der Waals surface area contributed by atoms with Gasteiger partial charge in [-0.25, -0.2) is 18.7 Å². The van der Waals surface area contributed by atoms with E-state index in [4.69, 9.17) is 5.11 Å². The molecule has 9 nitrogen and oxygen atoms in total. The molecule has 3 rings (SSSR count). The van der Waals surface area contributed by atoms with Gasteiger partial charge in [0.15, 0.2) is 0 Å². The van der Waals surface area contributed by atoms with Gasteiger partial charge in [-0.05, 0) is 35.4 Å². The summed E-state index contributed by atoms with van der Waals surface area (Å²) in [6.45, 7) is 1.36. The maximum absolute atomic E-state index is 13.0. The first-order valence-corrected chi connectivity index (χ1v) is 10.0. The lowest BCUT2D eigenvalue weighted by atomic mass is 10.2. The van der Waals surface area contributed by atoms with E-state index in [0.717, 1.165) is 20.0 Å². The number of hydrogen-bond donors (Lipinski definition) is 3. The number of anilines is 1. The Balaban J connectivity index is 1.68. The lowest BCUT2D eigenvalue weighted by Crippen LogP contribution is -2.29. The molecule has 2 aromatic heterocycles. The van der Waals surface area contributed by atoms with E-state index in [1.54, 1.807) is 0 Å². The second-order valence-corrected chi connectivity index (χ2v) is 7.82. The molecule has 0 aliphatic rings. The molecule has 2 amide bonds. The first kappa shape index (κ1) is 22.0. The van der Waals surface area contributed by atoms with E-state index >= 15 is 0 Å². The van der Waals surface area contributed by atoms with Crippen molar-refractivity contribution in [2.24, 2.45) is 0 Å². The molecule has 0 aliphatic carbocycles. The lowest BCUT2D eigenvalue weighted by Gasteiger charge is -2.05. The van der Waals surface area contributed by atoms with Crippen LogP contribution in [0.4, 0.5) is 14.9 Å². The van der Waals surface area contributed by atoms with E-state index in [1.165, 1.54) is 29.2 Å². The highest BCUT2D eigenvalue weighted by molar-refractivity contribution is 7.15. The molecule has 162 valence electrons. The van der Waals surface area contributed by atoms with Gasteiger partial charge in [-0.15, -0.1) is 11.3 Å². The minimum atomic E-state index is -1.28. The van der Waals surface area contributed by atoms with Crippen molar-refractivity contribution < 1.29 is 19.1 Å². The second kappa shape index (κ2) is 9.85. The zero-order valence-corrected chi connectivity index (χ0v) is 17.4. The molecule has 0 saturated carbocycles. The number of rotatable bonds is 8. The molecule has 0 spiro atoms. The normalized spacial score (nSPS) is 11.4. The zero-order chi connectivity index (χ0) is 22.4. The average molecular weight is 445 g/mol. The van der Waals surface area contributed by atoms with Crippen LogP contribution >= 0.6 is 11.3 Å². The highest BCUT2D eigenvalue weighted by Gasteiger charge is 2.11. The lowest BCUT2D eigenvalue weighted by molar-refractivity contribution is -0.114. The number of thiophene rings is 1. The standard InChI is InChI=1S/C20H20FN5O4S/c1-13(27)24-16-4-2-15(3-5-16)18-7-6-17(31-18)11-25-12-23-26(20(25)30)10-14(8-21)9-22-19(28)29/h2-8,12,22H,9-11H2,1H3,(H,24,27)(H,28,29). The third kappa shape index (κ3) is 5.89. The van der Waals surface area contributed by atoms with Gasteiger partial charge in [0.25, 0.3) is 0 Å². The first-order chi connectivity index (χ1) is 14.9. The van der Waals surface area contributed by atoms with Crippen molar-refractivity contribution >= 4 is 29.0 Å². The fourth-order valence-corrected chi connectivity index (χ4v) is 3.82. The molecule has 0 atom stereocenters. The van der Waals surface area contributed by atoms with Gasteiger partial charge in [0, 0.05) is 28.9 Å². The van der Waals surface area contributed by atoms with Crippen molar-refractivity contribution in [3.63, 3.8) is 0 Å². The average Bonchev–Trinajstić information content (AvgIpc) is 3.33. The van der Waals surface area contributed by atoms with Crippen LogP contribution in [-0.4, -0.2) is 38.0 Å². The Morgan fingerprint density at radius 1 is 1.23 bits per heavy atom. The first-order valence-electron chi connectivity index (χ1n) is 9.19. The molecule has 0 aliphatic heterocycles. The Labute approximate surface area is 180 Å². The topological polar surface area (TPSA) is 118 Å². The number of hydrogen-bond acceptors (Lipinski definition) is 5. The van der Waals surface area contributed by atoms with Crippen LogP contribution in [0.1, 0.15) is 11.8 Å². The molecule has 0 radical (unpaired) electrons. The Hall–Kier alpha value is -3.73. The van der Waals surface area contributed by atoms with Crippen LogP contribution < -0.4 is 16.3 Å². The minimum absolute atomic E-state index is 0.0795. The molecule has 0 unspecified atom stereocenters. The summed E-state index contributed by atoms with van der Waals surface area (Å²) in [5.74, 6) is -0.135. The van der Waals surface area contributed by atoms with Crippen LogP contribution in [0, 0.1) is 0 Å². The number of halogens is 1. The van der Waals surface area contributed by atoms with E-state index in [1.807, 2.05) is 36.4 Å². The van der Waals surface area contributed by atoms with Crippen LogP contribution in [0.2, 0.25) is 0 Å². The molecule has 0 bridgehead atoms. The van der Waals surface area contributed by atoms with Gasteiger partial charge in [-0.2, -0.15) is 5.10 Å². The molecule has 0 saturated heterocycles. The van der Waals surface area contributed by atoms with Crippen LogP contribution in [0.3, 0.4) is 0 Å². The summed E-state index contributed by atoms with van der Waals surface area (Å²) in [5, 5.41) is 17.4. The van der Waals surface area contributed by atoms with Gasteiger partial charge < -0.3 is 15.7 Å². The van der Waals surface area contributed by atoms with Crippen molar-refractivity contribution in [1.29, 1.82) is 0 Å². The van der Waals surface area contributed by atoms with E-state index in [-0.39, 0.29) is 30.9 Å². The van der Waals surface area contributed by atoms with Crippen LogP contribution in [0.25, 0.3) is 10.4 Å². The monoisotopic (exact) mass is 445 g/mol. The van der Waals surface area contributed by atoms with Crippen LogP contribution in [0.5, 0.6) is 0 Å². The van der Waals surface area contributed by atoms with Gasteiger partial charge in [-0.3, -0.25) is 9.36 Å². The largest absolute Gasteiger partial charge is 0.465 e. The second-order valence-electron chi connectivity index (χ2n) is 6.65. The van der Waals surface area contributed by atoms with Crippen molar-refractivity contribution in [3.8, 4) is 10.4 Å². The van der Waals surface area contributed by atoms with Gasteiger partial charge in [-0.1, -0.05) is 12.1 Å². The highest BCUT2D eigenvalue weighted by atomic mass is 32.1. The third-order valence-electron chi connectivity index (χ3n) is 4.25.